The summed E-state index contributed by atoms with van der Waals surface area (Å²) in [5, 5.41) is 6.85. The van der Waals surface area contributed by atoms with Gasteiger partial charge in [-0.2, -0.15) is 5.10 Å². The highest BCUT2D eigenvalue weighted by molar-refractivity contribution is 5.92. The van der Waals surface area contributed by atoms with Gasteiger partial charge in [0.2, 0.25) is 5.91 Å². The highest BCUT2D eigenvalue weighted by Gasteiger charge is 2.19. The van der Waals surface area contributed by atoms with Crippen LogP contribution in [0.4, 0.5) is 5.69 Å². The first-order chi connectivity index (χ1) is 9.60. The van der Waals surface area contributed by atoms with E-state index in [9.17, 15) is 9.59 Å². The topological polar surface area (TPSA) is 108 Å². The molecule has 1 aromatic heterocycles. The molecule has 3 N–H and O–H groups in total. The largest absolute Gasteiger partial charge is 0.464 e. The van der Waals surface area contributed by atoms with E-state index in [1.165, 1.54) is 18.0 Å². The molecule has 0 bridgehead atoms. The van der Waals surface area contributed by atoms with E-state index in [1.807, 2.05) is 0 Å². The van der Waals surface area contributed by atoms with Gasteiger partial charge < -0.3 is 20.5 Å². The average molecular weight is 282 g/mol. The molecule has 0 aliphatic carbocycles. The monoisotopic (exact) mass is 282 g/mol. The summed E-state index contributed by atoms with van der Waals surface area (Å²) in [5.41, 5.74) is 5.86. The third-order valence-corrected chi connectivity index (χ3v) is 3.06. The van der Waals surface area contributed by atoms with Crippen molar-refractivity contribution in [2.24, 2.45) is 0 Å². The van der Waals surface area contributed by atoms with Crippen molar-refractivity contribution in [3.63, 3.8) is 0 Å². The first-order valence-electron chi connectivity index (χ1n) is 6.38. The van der Waals surface area contributed by atoms with Gasteiger partial charge in [-0.3, -0.25) is 9.48 Å². The number of nitrogens with two attached hydrogens (primary N) is 1. The standard InChI is InChI=1S/C12H18N4O4/c1-19-12(18)11-9(13)6-16(15-11)7-10(17)14-8-2-4-20-5-3-8/h6,8H,2-5,7,13H2,1H3,(H,14,17). The summed E-state index contributed by atoms with van der Waals surface area (Å²) in [6.07, 6.45) is 3.05. The summed E-state index contributed by atoms with van der Waals surface area (Å²) in [6, 6.07) is 0.129. The Balaban J connectivity index is 1.92. The zero-order valence-electron chi connectivity index (χ0n) is 11.3. The van der Waals surface area contributed by atoms with Crippen LogP contribution in [0.2, 0.25) is 0 Å². The third-order valence-electron chi connectivity index (χ3n) is 3.06. The van der Waals surface area contributed by atoms with Gasteiger partial charge in [-0.25, -0.2) is 4.79 Å². The maximum Gasteiger partial charge on any atom is 0.360 e. The van der Waals surface area contributed by atoms with Crippen molar-refractivity contribution >= 4 is 17.6 Å². The Labute approximate surface area is 116 Å². The first kappa shape index (κ1) is 14.3. The van der Waals surface area contributed by atoms with Crippen molar-refractivity contribution in [2.45, 2.75) is 25.4 Å². The number of ether oxygens (including phenoxy) is 2. The summed E-state index contributed by atoms with van der Waals surface area (Å²) in [5.74, 6) is -0.790. The number of aromatic nitrogens is 2. The van der Waals surface area contributed by atoms with Crippen LogP contribution < -0.4 is 11.1 Å². The zero-order valence-corrected chi connectivity index (χ0v) is 11.3. The normalized spacial score (nSPS) is 15.8. The number of hydrogen-bond donors (Lipinski definition) is 2. The third kappa shape index (κ3) is 3.47. The number of nitrogens with zero attached hydrogens (tertiary/aromatic N) is 2. The van der Waals surface area contributed by atoms with Gasteiger partial charge in [0.25, 0.3) is 0 Å². The van der Waals surface area contributed by atoms with E-state index >= 15 is 0 Å². The molecule has 8 nitrogen and oxygen atoms in total. The number of nitrogen functional groups attached to an aromatic ring is 1. The lowest BCUT2D eigenvalue weighted by molar-refractivity contribution is -0.123. The van der Waals surface area contributed by atoms with Crippen molar-refractivity contribution in [1.29, 1.82) is 0 Å². The molecule has 0 atom stereocenters. The number of methoxy groups -OCH3 is 1. The van der Waals surface area contributed by atoms with Gasteiger partial charge in [0.05, 0.1) is 12.8 Å². The Kier molecular flexibility index (Phi) is 4.57. The molecule has 1 saturated heterocycles. The van der Waals surface area contributed by atoms with Gasteiger partial charge >= 0.3 is 5.97 Å². The van der Waals surface area contributed by atoms with Crippen LogP contribution in [-0.4, -0.2) is 48.0 Å². The SMILES string of the molecule is COC(=O)c1nn(CC(=O)NC2CCOCC2)cc1N. The number of amides is 1. The molecule has 1 amide bonds. The average Bonchev–Trinajstić information content (AvgIpc) is 2.79. The summed E-state index contributed by atoms with van der Waals surface area (Å²) < 4.78 is 11.1. The molecule has 1 aromatic rings. The molecule has 0 aromatic carbocycles. The molecule has 20 heavy (non-hydrogen) atoms. The molecule has 0 spiro atoms. The van der Waals surface area contributed by atoms with Crippen LogP contribution >= 0.6 is 0 Å². The number of esters is 1. The molecular formula is C12H18N4O4. The molecule has 110 valence electrons. The van der Waals surface area contributed by atoms with Gasteiger partial charge in [0.1, 0.15) is 6.54 Å². The van der Waals surface area contributed by atoms with Crippen LogP contribution in [-0.2, 0) is 20.8 Å². The van der Waals surface area contributed by atoms with E-state index < -0.39 is 5.97 Å². The quantitative estimate of drug-likeness (QED) is 0.724. The minimum Gasteiger partial charge on any atom is -0.464 e. The molecule has 0 saturated carbocycles. The van der Waals surface area contributed by atoms with Gasteiger partial charge in [-0.15, -0.1) is 0 Å². The highest BCUT2D eigenvalue weighted by Crippen LogP contribution is 2.10. The number of carbonyl (C=O) groups is 2. The molecule has 1 aliphatic heterocycles. The van der Waals surface area contributed by atoms with Crippen LogP contribution in [0.1, 0.15) is 23.3 Å². The fraction of sp³-hybridized carbons (Fsp3) is 0.583. The summed E-state index contributed by atoms with van der Waals surface area (Å²) >= 11 is 0. The lowest BCUT2D eigenvalue weighted by Gasteiger charge is -2.23. The van der Waals surface area contributed by atoms with E-state index in [0.29, 0.717) is 13.2 Å². The number of anilines is 1. The summed E-state index contributed by atoms with van der Waals surface area (Å²) in [4.78, 5) is 23.2. The van der Waals surface area contributed by atoms with Crippen LogP contribution in [0, 0.1) is 0 Å². The maximum atomic E-state index is 11.9. The van der Waals surface area contributed by atoms with E-state index in [2.05, 4.69) is 15.2 Å². The second-order valence-electron chi connectivity index (χ2n) is 4.58. The summed E-state index contributed by atoms with van der Waals surface area (Å²) in [6.45, 7) is 1.33. The van der Waals surface area contributed by atoms with Crippen molar-refractivity contribution in [2.75, 3.05) is 26.1 Å². The van der Waals surface area contributed by atoms with Crippen LogP contribution in [0.3, 0.4) is 0 Å². The van der Waals surface area contributed by atoms with Gasteiger partial charge in [0.15, 0.2) is 5.69 Å². The Morgan fingerprint density at radius 1 is 1.55 bits per heavy atom. The van der Waals surface area contributed by atoms with Gasteiger partial charge in [-0.1, -0.05) is 0 Å². The molecule has 0 unspecified atom stereocenters. The second-order valence-corrected chi connectivity index (χ2v) is 4.58. The number of rotatable bonds is 4. The van der Waals surface area contributed by atoms with E-state index in [0.717, 1.165) is 12.8 Å². The van der Waals surface area contributed by atoms with E-state index in [-0.39, 0.29) is 29.9 Å². The molecule has 1 aliphatic rings. The van der Waals surface area contributed by atoms with Gasteiger partial charge in [-0.05, 0) is 12.8 Å². The van der Waals surface area contributed by atoms with Crippen LogP contribution in [0.15, 0.2) is 6.20 Å². The predicted molar refractivity (Wildman–Crippen MR) is 70.0 cm³/mol. The van der Waals surface area contributed by atoms with E-state index in [4.69, 9.17) is 10.5 Å². The molecule has 2 heterocycles. The molecule has 1 fully saturated rings. The van der Waals surface area contributed by atoms with Crippen molar-refractivity contribution < 1.29 is 19.1 Å². The predicted octanol–water partition coefficient (Wildman–Crippen LogP) is -0.453. The molecule has 0 radical (unpaired) electrons. The lowest BCUT2D eigenvalue weighted by atomic mass is 10.1. The number of nitrogens with one attached hydrogen (secondary N) is 1. The van der Waals surface area contributed by atoms with Crippen molar-refractivity contribution in [1.82, 2.24) is 15.1 Å². The first-order valence-corrected chi connectivity index (χ1v) is 6.38. The van der Waals surface area contributed by atoms with Crippen molar-refractivity contribution in [3.8, 4) is 0 Å². The van der Waals surface area contributed by atoms with E-state index in [1.54, 1.807) is 0 Å². The molecule has 2 rings (SSSR count). The van der Waals surface area contributed by atoms with Crippen molar-refractivity contribution in [3.05, 3.63) is 11.9 Å². The number of carbonyl (C=O) groups excluding carboxylic acids is 2. The molecular weight excluding hydrogens is 264 g/mol. The van der Waals surface area contributed by atoms with Crippen LogP contribution in [0.25, 0.3) is 0 Å². The maximum absolute atomic E-state index is 11.9. The Morgan fingerprint density at radius 3 is 2.90 bits per heavy atom. The molecule has 8 heteroatoms. The summed E-state index contributed by atoms with van der Waals surface area (Å²) in [7, 11) is 1.25. The highest BCUT2D eigenvalue weighted by atomic mass is 16.5. The van der Waals surface area contributed by atoms with Crippen LogP contribution in [0.5, 0.6) is 0 Å². The zero-order chi connectivity index (χ0) is 14.5. The smallest absolute Gasteiger partial charge is 0.360 e. The fourth-order valence-electron chi connectivity index (χ4n) is 2.04. The minimum absolute atomic E-state index is 0.0125. The number of hydrogen-bond acceptors (Lipinski definition) is 6. The Bertz CT molecular complexity index is 494. The Morgan fingerprint density at radius 2 is 2.25 bits per heavy atom. The lowest BCUT2D eigenvalue weighted by Crippen LogP contribution is -2.40. The minimum atomic E-state index is -0.619. The second kappa shape index (κ2) is 6.38. The fourth-order valence-corrected chi connectivity index (χ4v) is 2.04. The van der Waals surface area contributed by atoms with Gasteiger partial charge in [0, 0.05) is 25.5 Å². The Hall–Kier alpha value is -2.09.